The van der Waals surface area contributed by atoms with Gasteiger partial charge >= 0.3 is 0 Å². The maximum Gasteiger partial charge on any atom is 0.234 e. The molecule has 1 amide bonds. The van der Waals surface area contributed by atoms with E-state index in [4.69, 9.17) is 0 Å². The van der Waals surface area contributed by atoms with Crippen LogP contribution in [0.2, 0.25) is 0 Å². The lowest BCUT2D eigenvalue weighted by Gasteiger charge is -2.23. The first-order valence-corrected chi connectivity index (χ1v) is 6.98. The van der Waals surface area contributed by atoms with E-state index in [1.807, 2.05) is 0 Å². The summed E-state index contributed by atoms with van der Waals surface area (Å²) in [5.74, 6) is 0.165. The fourth-order valence-corrected chi connectivity index (χ4v) is 2.19. The maximum absolute atomic E-state index is 11.7. The van der Waals surface area contributed by atoms with Gasteiger partial charge in [0.15, 0.2) is 0 Å². The van der Waals surface area contributed by atoms with Gasteiger partial charge in [0.25, 0.3) is 0 Å². The summed E-state index contributed by atoms with van der Waals surface area (Å²) in [5.41, 5.74) is 0. The molecule has 0 saturated carbocycles. The van der Waals surface area contributed by atoms with Crippen LogP contribution in [0.25, 0.3) is 0 Å². The van der Waals surface area contributed by atoms with Crippen molar-refractivity contribution in [2.24, 2.45) is 0 Å². The Bertz CT molecular complexity index is 215. The van der Waals surface area contributed by atoms with E-state index in [1.165, 1.54) is 12.8 Å². The molecule has 4 nitrogen and oxygen atoms in total. The quantitative estimate of drug-likeness (QED) is 0.623. The number of rotatable bonds is 8. The van der Waals surface area contributed by atoms with E-state index in [2.05, 4.69) is 29.4 Å². The minimum absolute atomic E-state index is 0.165. The second kappa shape index (κ2) is 8.48. The van der Waals surface area contributed by atoms with Crippen LogP contribution in [0.3, 0.4) is 0 Å². The Hall–Kier alpha value is -0.610. The first-order chi connectivity index (χ1) is 8.26. The number of nitrogens with zero attached hydrogens (tertiary/aromatic N) is 1. The lowest BCUT2D eigenvalue weighted by molar-refractivity contribution is -0.122. The molecule has 0 aliphatic carbocycles. The molecular weight excluding hydrogens is 214 g/mol. The summed E-state index contributed by atoms with van der Waals surface area (Å²) in [7, 11) is 0. The van der Waals surface area contributed by atoms with Gasteiger partial charge in [0, 0.05) is 19.1 Å². The standard InChI is InChI=1S/C13H27N3O/c1-3-5-8-15-13(17)11-16(4-2)10-12-7-6-9-14-12/h12,14H,3-11H2,1-2H3,(H,15,17). The summed E-state index contributed by atoms with van der Waals surface area (Å²) in [4.78, 5) is 13.9. The lowest BCUT2D eigenvalue weighted by Crippen LogP contribution is -2.43. The number of likely N-dealkylation sites (N-methyl/N-ethyl adjacent to an activating group) is 1. The number of carbonyl (C=O) groups excluding carboxylic acids is 1. The third-order valence-electron chi connectivity index (χ3n) is 3.31. The topological polar surface area (TPSA) is 44.4 Å². The molecule has 0 radical (unpaired) electrons. The Morgan fingerprint density at radius 3 is 2.88 bits per heavy atom. The van der Waals surface area contributed by atoms with Crippen molar-refractivity contribution >= 4 is 5.91 Å². The van der Waals surface area contributed by atoms with E-state index in [-0.39, 0.29) is 5.91 Å². The summed E-state index contributed by atoms with van der Waals surface area (Å²) >= 11 is 0. The molecule has 0 aromatic carbocycles. The molecule has 4 heteroatoms. The second-order valence-corrected chi connectivity index (χ2v) is 4.82. The molecule has 0 bridgehead atoms. The van der Waals surface area contributed by atoms with Crippen LogP contribution in [0.5, 0.6) is 0 Å². The van der Waals surface area contributed by atoms with Crippen molar-refractivity contribution in [2.45, 2.75) is 45.6 Å². The van der Waals surface area contributed by atoms with Gasteiger partial charge in [-0.2, -0.15) is 0 Å². The van der Waals surface area contributed by atoms with Crippen molar-refractivity contribution < 1.29 is 4.79 Å². The largest absolute Gasteiger partial charge is 0.355 e. The molecular formula is C13H27N3O. The Balaban J connectivity index is 2.18. The molecule has 1 heterocycles. The van der Waals surface area contributed by atoms with Crippen molar-refractivity contribution in [3.63, 3.8) is 0 Å². The fraction of sp³-hybridized carbons (Fsp3) is 0.923. The molecule has 1 aliphatic rings. The first kappa shape index (κ1) is 14.5. The van der Waals surface area contributed by atoms with E-state index >= 15 is 0 Å². The van der Waals surface area contributed by atoms with E-state index in [9.17, 15) is 4.79 Å². The van der Waals surface area contributed by atoms with Gasteiger partial charge in [0.05, 0.1) is 6.54 Å². The molecule has 1 saturated heterocycles. The number of unbranched alkanes of at least 4 members (excludes halogenated alkanes) is 1. The third-order valence-corrected chi connectivity index (χ3v) is 3.31. The molecule has 1 rings (SSSR count). The van der Waals surface area contributed by atoms with Crippen LogP contribution in [-0.4, -0.2) is 49.6 Å². The molecule has 1 fully saturated rings. The molecule has 17 heavy (non-hydrogen) atoms. The number of hydrogen-bond acceptors (Lipinski definition) is 3. The zero-order chi connectivity index (χ0) is 12.5. The van der Waals surface area contributed by atoms with Crippen LogP contribution < -0.4 is 10.6 Å². The van der Waals surface area contributed by atoms with Crippen LogP contribution in [0.15, 0.2) is 0 Å². The summed E-state index contributed by atoms with van der Waals surface area (Å²) in [5, 5.41) is 6.45. The monoisotopic (exact) mass is 241 g/mol. The Kier molecular flexibility index (Phi) is 7.21. The molecule has 100 valence electrons. The summed E-state index contributed by atoms with van der Waals surface area (Å²) in [6.45, 7) is 8.68. The van der Waals surface area contributed by atoms with Crippen LogP contribution in [-0.2, 0) is 4.79 Å². The number of amides is 1. The van der Waals surface area contributed by atoms with Crippen molar-refractivity contribution in [3.8, 4) is 0 Å². The highest BCUT2D eigenvalue weighted by Gasteiger charge is 2.18. The highest BCUT2D eigenvalue weighted by Crippen LogP contribution is 2.06. The van der Waals surface area contributed by atoms with Gasteiger partial charge in [-0.3, -0.25) is 9.69 Å². The van der Waals surface area contributed by atoms with Gasteiger partial charge < -0.3 is 10.6 Å². The van der Waals surface area contributed by atoms with Gasteiger partial charge in [-0.15, -0.1) is 0 Å². The van der Waals surface area contributed by atoms with Crippen molar-refractivity contribution in [1.82, 2.24) is 15.5 Å². The molecule has 1 unspecified atom stereocenters. The van der Waals surface area contributed by atoms with Gasteiger partial charge in [-0.05, 0) is 32.4 Å². The smallest absolute Gasteiger partial charge is 0.234 e. The molecule has 0 aromatic heterocycles. The average Bonchev–Trinajstić information content (AvgIpc) is 2.81. The van der Waals surface area contributed by atoms with Crippen LogP contribution in [0.1, 0.15) is 39.5 Å². The molecule has 2 N–H and O–H groups in total. The highest BCUT2D eigenvalue weighted by atomic mass is 16.2. The molecule has 0 spiro atoms. The first-order valence-electron chi connectivity index (χ1n) is 6.98. The van der Waals surface area contributed by atoms with Crippen molar-refractivity contribution in [3.05, 3.63) is 0 Å². The molecule has 0 aromatic rings. The van der Waals surface area contributed by atoms with Gasteiger partial charge in [0.1, 0.15) is 0 Å². The molecule has 1 aliphatic heterocycles. The van der Waals surface area contributed by atoms with E-state index in [0.29, 0.717) is 12.6 Å². The summed E-state index contributed by atoms with van der Waals surface area (Å²) in [6, 6.07) is 0.582. The minimum atomic E-state index is 0.165. The maximum atomic E-state index is 11.7. The summed E-state index contributed by atoms with van der Waals surface area (Å²) < 4.78 is 0. The fourth-order valence-electron chi connectivity index (χ4n) is 2.19. The highest BCUT2D eigenvalue weighted by molar-refractivity contribution is 5.77. The van der Waals surface area contributed by atoms with Crippen LogP contribution in [0.4, 0.5) is 0 Å². The number of hydrogen-bond donors (Lipinski definition) is 2. The van der Waals surface area contributed by atoms with Gasteiger partial charge in [0.2, 0.25) is 5.91 Å². The van der Waals surface area contributed by atoms with Crippen LogP contribution in [0, 0.1) is 0 Å². The van der Waals surface area contributed by atoms with Gasteiger partial charge in [-0.25, -0.2) is 0 Å². The minimum Gasteiger partial charge on any atom is -0.355 e. The predicted octanol–water partition coefficient (Wildman–Crippen LogP) is 0.977. The molecule has 1 atom stereocenters. The Morgan fingerprint density at radius 1 is 1.47 bits per heavy atom. The number of nitrogens with one attached hydrogen (secondary N) is 2. The predicted molar refractivity (Wildman–Crippen MR) is 71.1 cm³/mol. The van der Waals surface area contributed by atoms with Crippen molar-refractivity contribution in [2.75, 3.05) is 32.7 Å². The lowest BCUT2D eigenvalue weighted by atomic mass is 10.2. The van der Waals surface area contributed by atoms with E-state index in [0.717, 1.165) is 39.0 Å². The summed E-state index contributed by atoms with van der Waals surface area (Å²) in [6.07, 6.45) is 4.71. The zero-order valence-corrected chi connectivity index (χ0v) is 11.3. The van der Waals surface area contributed by atoms with E-state index < -0.39 is 0 Å². The van der Waals surface area contributed by atoms with Gasteiger partial charge in [-0.1, -0.05) is 20.3 Å². The Morgan fingerprint density at radius 2 is 2.29 bits per heavy atom. The normalized spacial score (nSPS) is 19.8. The Labute approximate surface area is 105 Å². The SMILES string of the molecule is CCCCNC(=O)CN(CC)CC1CCCN1. The van der Waals surface area contributed by atoms with Crippen LogP contribution >= 0.6 is 0 Å². The second-order valence-electron chi connectivity index (χ2n) is 4.82. The number of carbonyl (C=O) groups is 1. The zero-order valence-electron chi connectivity index (χ0n) is 11.3. The van der Waals surface area contributed by atoms with E-state index in [1.54, 1.807) is 0 Å². The average molecular weight is 241 g/mol. The third kappa shape index (κ3) is 6.03. The van der Waals surface area contributed by atoms with Crippen molar-refractivity contribution in [1.29, 1.82) is 0 Å².